The highest BCUT2D eigenvalue weighted by atomic mass is 19.1. The van der Waals surface area contributed by atoms with E-state index in [1.807, 2.05) is 42.3 Å². The third-order valence-electron chi connectivity index (χ3n) is 3.42. The lowest BCUT2D eigenvalue weighted by Crippen LogP contribution is -2.21. The van der Waals surface area contributed by atoms with E-state index in [1.54, 1.807) is 19.2 Å². The average Bonchev–Trinajstić information content (AvgIpc) is 2.52. The zero-order chi connectivity index (χ0) is 15.2. The molecule has 0 aromatic heterocycles. The second-order valence-corrected chi connectivity index (χ2v) is 4.73. The van der Waals surface area contributed by atoms with E-state index in [1.165, 1.54) is 6.07 Å². The molecule has 2 aromatic carbocycles. The fraction of sp³-hybridized carbons (Fsp3) is 0.235. The molecule has 0 radical (unpaired) electrons. The highest BCUT2D eigenvalue weighted by Gasteiger charge is 2.12. The molecule has 0 spiro atoms. The van der Waals surface area contributed by atoms with Crippen molar-refractivity contribution in [2.45, 2.75) is 6.42 Å². The first-order valence-corrected chi connectivity index (χ1v) is 6.69. The van der Waals surface area contributed by atoms with Crippen LogP contribution in [0.2, 0.25) is 0 Å². The van der Waals surface area contributed by atoms with Crippen molar-refractivity contribution in [3.8, 4) is 11.8 Å². The fourth-order valence-corrected chi connectivity index (χ4v) is 2.26. The Hall–Kier alpha value is -2.54. The van der Waals surface area contributed by atoms with Crippen LogP contribution in [0, 0.1) is 17.1 Å². The first-order valence-electron chi connectivity index (χ1n) is 6.69. The summed E-state index contributed by atoms with van der Waals surface area (Å²) >= 11 is 0. The molecule has 4 heteroatoms. The standard InChI is InChI=1S/C17H17FN2O/c1-20(16-8-5-7-15(18)14(16)12-19)11-10-13-6-3-4-9-17(13)21-2/h3-9H,10-11H2,1-2H3. The minimum absolute atomic E-state index is 0.0834. The molecular weight excluding hydrogens is 267 g/mol. The number of hydrogen-bond donors (Lipinski definition) is 0. The molecule has 0 saturated carbocycles. The third kappa shape index (κ3) is 3.32. The molecule has 0 aliphatic carbocycles. The molecule has 0 atom stereocenters. The number of hydrogen-bond acceptors (Lipinski definition) is 3. The van der Waals surface area contributed by atoms with Crippen molar-refractivity contribution in [1.82, 2.24) is 0 Å². The van der Waals surface area contributed by atoms with Gasteiger partial charge in [-0.25, -0.2) is 4.39 Å². The number of methoxy groups -OCH3 is 1. The van der Waals surface area contributed by atoms with Gasteiger partial charge in [0.1, 0.15) is 23.2 Å². The summed E-state index contributed by atoms with van der Waals surface area (Å²) in [5, 5.41) is 9.08. The smallest absolute Gasteiger partial charge is 0.143 e. The Balaban J connectivity index is 2.14. The Morgan fingerprint density at radius 2 is 1.95 bits per heavy atom. The molecule has 0 aliphatic heterocycles. The number of nitriles is 1. The minimum atomic E-state index is -0.487. The molecule has 3 nitrogen and oxygen atoms in total. The Morgan fingerprint density at radius 3 is 2.67 bits per heavy atom. The van der Waals surface area contributed by atoms with Crippen LogP contribution in [0.15, 0.2) is 42.5 Å². The van der Waals surface area contributed by atoms with Gasteiger partial charge in [0.25, 0.3) is 0 Å². The maximum Gasteiger partial charge on any atom is 0.143 e. The van der Waals surface area contributed by atoms with Crippen LogP contribution in [-0.2, 0) is 6.42 Å². The summed E-state index contributed by atoms with van der Waals surface area (Å²) in [6.45, 7) is 0.665. The lowest BCUT2D eigenvalue weighted by atomic mass is 10.1. The Bertz CT molecular complexity index is 664. The van der Waals surface area contributed by atoms with Crippen LogP contribution in [-0.4, -0.2) is 20.7 Å². The van der Waals surface area contributed by atoms with Gasteiger partial charge in [0.05, 0.1) is 12.8 Å². The van der Waals surface area contributed by atoms with E-state index in [-0.39, 0.29) is 5.56 Å². The van der Waals surface area contributed by atoms with Crippen molar-refractivity contribution in [2.24, 2.45) is 0 Å². The molecule has 108 valence electrons. The lowest BCUT2D eigenvalue weighted by molar-refractivity contribution is 0.409. The SMILES string of the molecule is COc1ccccc1CCN(C)c1cccc(F)c1C#N. The van der Waals surface area contributed by atoms with E-state index >= 15 is 0 Å². The summed E-state index contributed by atoms with van der Waals surface area (Å²) in [6, 6.07) is 14.4. The monoisotopic (exact) mass is 284 g/mol. The average molecular weight is 284 g/mol. The van der Waals surface area contributed by atoms with E-state index in [9.17, 15) is 4.39 Å². The van der Waals surface area contributed by atoms with Crippen molar-refractivity contribution >= 4 is 5.69 Å². The van der Waals surface area contributed by atoms with Crippen LogP contribution in [0.25, 0.3) is 0 Å². The number of ether oxygens (including phenoxy) is 1. The molecule has 0 heterocycles. The van der Waals surface area contributed by atoms with Gasteiger partial charge in [0.2, 0.25) is 0 Å². The van der Waals surface area contributed by atoms with Crippen molar-refractivity contribution < 1.29 is 9.13 Å². The quantitative estimate of drug-likeness (QED) is 0.844. The maximum absolute atomic E-state index is 13.6. The van der Waals surface area contributed by atoms with Crippen LogP contribution < -0.4 is 9.64 Å². The van der Waals surface area contributed by atoms with E-state index in [0.717, 1.165) is 17.7 Å². The molecule has 0 N–H and O–H groups in total. The largest absolute Gasteiger partial charge is 0.496 e. The van der Waals surface area contributed by atoms with Gasteiger partial charge in [-0.05, 0) is 30.2 Å². The third-order valence-corrected chi connectivity index (χ3v) is 3.42. The molecule has 2 aromatic rings. The van der Waals surface area contributed by atoms with Gasteiger partial charge in [0.15, 0.2) is 0 Å². The van der Waals surface area contributed by atoms with E-state index in [0.29, 0.717) is 12.2 Å². The Morgan fingerprint density at radius 1 is 1.19 bits per heavy atom. The van der Waals surface area contributed by atoms with Gasteiger partial charge in [-0.2, -0.15) is 5.26 Å². The van der Waals surface area contributed by atoms with Crippen LogP contribution in [0.5, 0.6) is 5.75 Å². The summed E-state index contributed by atoms with van der Waals surface area (Å²) in [6.07, 6.45) is 0.752. The number of anilines is 1. The lowest BCUT2D eigenvalue weighted by Gasteiger charge is -2.21. The van der Waals surface area contributed by atoms with Crippen LogP contribution in [0.4, 0.5) is 10.1 Å². The second kappa shape index (κ2) is 6.76. The number of benzene rings is 2. The predicted octanol–water partition coefficient (Wildman–Crippen LogP) is 3.38. The number of rotatable bonds is 5. The molecular formula is C17H17FN2O. The van der Waals surface area contributed by atoms with Gasteiger partial charge >= 0.3 is 0 Å². The summed E-state index contributed by atoms with van der Waals surface area (Å²) in [7, 11) is 3.49. The molecule has 0 saturated heterocycles. The van der Waals surface area contributed by atoms with Crippen LogP contribution >= 0.6 is 0 Å². The molecule has 0 amide bonds. The highest BCUT2D eigenvalue weighted by molar-refractivity contribution is 5.59. The summed E-state index contributed by atoms with van der Waals surface area (Å²) in [5.41, 5.74) is 1.77. The summed E-state index contributed by atoms with van der Waals surface area (Å²) in [4.78, 5) is 1.88. The van der Waals surface area contributed by atoms with Crippen molar-refractivity contribution in [3.63, 3.8) is 0 Å². The van der Waals surface area contributed by atoms with Gasteiger partial charge in [-0.15, -0.1) is 0 Å². The van der Waals surface area contributed by atoms with Crippen LogP contribution in [0.1, 0.15) is 11.1 Å². The Kier molecular flexibility index (Phi) is 4.78. The molecule has 0 unspecified atom stereocenters. The fourth-order valence-electron chi connectivity index (χ4n) is 2.26. The zero-order valence-electron chi connectivity index (χ0n) is 12.1. The summed E-state index contributed by atoms with van der Waals surface area (Å²) < 4.78 is 18.9. The van der Waals surface area contributed by atoms with E-state index in [4.69, 9.17) is 10.00 Å². The van der Waals surface area contributed by atoms with Crippen molar-refractivity contribution in [2.75, 3.05) is 25.6 Å². The normalized spacial score (nSPS) is 10.0. The first kappa shape index (κ1) is 14.9. The molecule has 21 heavy (non-hydrogen) atoms. The maximum atomic E-state index is 13.6. The number of likely N-dealkylation sites (N-methyl/N-ethyl adjacent to an activating group) is 1. The first-order chi connectivity index (χ1) is 10.2. The number of halogens is 1. The molecule has 0 aliphatic rings. The molecule has 2 rings (SSSR count). The number of para-hydroxylation sites is 1. The van der Waals surface area contributed by atoms with Crippen LogP contribution in [0.3, 0.4) is 0 Å². The van der Waals surface area contributed by atoms with Crippen molar-refractivity contribution in [1.29, 1.82) is 5.26 Å². The van der Waals surface area contributed by atoms with Gasteiger partial charge in [-0.1, -0.05) is 24.3 Å². The van der Waals surface area contributed by atoms with Gasteiger partial charge in [0, 0.05) is 13.6 Å². The summed E-state index contributed by atoms with van der Waals surface area (Å²) in [5.74, 6) is 0.352. The zero-order valence-corrected chi connectivity index (χ0v) is 12.1. The Labute approximate surface area is 124 Å². The molecule has 0 fully saturated rings. The number of nitrogens with zero attached hydrogens (tertiary/aromatic N) is 2. The van der Waals surface area contributed by atoms with Gasteiger partial charge in [-0.3, -0.25) is 0 Å². The van der Waals surface area contributed by atoms with Gasteiger partial charge < -0.3 is 9.64 Å². The molecule has 0 bridgehead atoms. The highest BCUT2D eigenvalue weighted by Crippen LogP contribution is 2.23. The minimum Gasteiger partial charge on any atom is -0.496 e. The topological polar surface area (TPSA) is 36.3 Å². The van der Waals surface area contributed by atoms with E-state index < -0.39 is 5.82 Å². The van der Waals surface area contributed by atoms with Crippen molar-refractivity contribution in [3.05, 3.63) is 59.4 Å². The second-order valence-electron chi connectivity index (χ2n) is 4.73. The van der Waals surface area contributed by atoms with E-state index in [2.05, 4.69) is 0 Å². The predicted molar refractivity (Wildman–Crippen MR) is 81.1 cm³/mol.